The monoisotopic (exact) mass is 147 g/mol. The van der Waals surface area contributed by atoms with Gasteiger partial charge in [-0.2, -0.15) is 0 Å². The topological polar surface area (TPSA) is 4.44 Å². The van der Waals surface area contributed by atoms with Gasteiger partial charge in [0, 0.05) is 17.5 Å². The third-order valence-corrected chi connectivity index (χ3v) is 2.41. The van der Waals surface area contributed by atoms with E-state index < -0.39 is 0 Å². The van der Waals surface area contributed by atoms with E-state index in [-0.39, 0.29) is 0 Å². The quantitative estimate of drug-likeness (QED) is 0.519. The molecule has 0 aromatic heterocycles. The number of nitrogens with one attached hydrogen (secondary N) is 1. The Morgan fingerprint density at radius 2 is 2.27 bits per heavy atom. The highest BCUT2D eigenvalue weighted by atomic mass is 15.1. The van der Waals surface area contributed by atoms with Gasteiger partial charge in [0.2, 0.25) is 0 Å². The second-order valence-corrected chi connectivity index (χ2v) is 3.21. The zero-order chi connectivity index (χ0) is 7.84. The Hall–Kier alpha value is -0.820. The molecule has 1 aliphatic heterocycles. The second-order valence-electron chi connectivity index (χ2n) is 3.21. The molecule has 1 heterocycles. The lowest BCUT2D eigenvalue weighted by Gasteiger charge is -2.15. The summed E-state index contributed by atoms with van der Waals surface area (Å²) in [4.78, 5) is 1.32. The van der Waals surface area contributed by atoms with E-state index in [2.05, 4.69) is 32.2 Å². The number of aryl methyl sites for hydroxylation is 1. The zero-order valence-electron chi connectivity index (χ0n) is 6.85. The molecular formula is C10H13N. The van der Waals surface area contributed by atoms with Crippen LogP contribution in [0.5, 0.6) is 0 Å². The summed E-state index contributed by atoms with van der Waals surface area (Å²) in [5.41, 5.74) is 4.28. The largest absolute Gasteiger partial charge is 0.434 e. The molecule has 0 saturated carbocycles. The van der Waals surface area contributed by atoms with Crippen molar-refractivity contribution in [3.05, 3.63) is 36.4 Å². The Morgan fingerprint density at radius 1 is 1.45 bits per heavy atom. The van der Waals surface area contributed by atoms with Crippen LogP contribution in [-0.2, 0) is 6.42 Å². The summed E-state index contributed by atoms with van der Waals surface area (Å²) in [5.74, 6) is 0. The van der Waals surface area contributed by atoms with Crippen molar-refractivity contribution in [2.45, 2.75) is 13.3 Å². The first-order valence-corrected chi connectivity index (χ1v) is 4.05. The van der Waals surface area contributed by atoms with Crippen molar-refractivity contribution < 1.29 is 4.90 Å². The van der Waals surface area contributed by atoms with Crippen LogP contribution in [0.4, 0.5) is 5.69 Å². The van der Waals surface area contributed by atoms with E-state index >= 15 is 0 Å². The maximum atomic E-state index is 4.06. The number of fused-ring (bicyclic) bond motifs is 1. The van der Waals surface area contributed by atoms with E-state index in [9.17, 15) is 0 Å². The molecule has 0 spiro atoms. The molecule has 1 aliphatic rings. The van der Waals surface area contributed by atoms with E-state index in [1.807, 2.05) is 0 Å². The number of benzene rings is 1. The van der Waals surface area contributed by atoms with Crippen molar-refractivity contribution in [2.75, 3.05) is 6.54 Å². The third kappa shape index (κ3) is 0.962. The van der Waals surface area contributed by atoms with Crippen LogP contribution in [-0.4, -0.2) is 6.54 Å². The molecule has 1 N–H and O–H groups in total. The Kier molecular flexibility index (Phi) is 1.46. The molecule has 58 valence electrons. The molecule has 0 saturated heterocycles. The highest BCUT2D eigenvalue weighted by Crippen LogP contribution is 2.19. The highest BCUT2D eigenvalue weighted by Gasteiger charge is 2.18. The van der Waals surface area contributed by atoms with Crippen LogP contribution < -0.4 is 4.90 Å². The minimum Gasteiger partial charge on any atom is -0.434 e. The van der Waals surface area contributed by atoms with Crippen molar-refractivity contribution in [2.24, 2.45) is 0 Å². The maximum absolute atomic E-state index is 4.06. The first-order valence-electron chi connectivity index (χ1n) is 4.05. The Balaban J connectivity index is 2.58. The van der Waals surface area contributed by atoms with Crippen LogP contribution in [0.25, 0.3) is 0 Å². The Labute approximate surface area is 67.6 Å². The van der Waals surface area contributed by atoms with Crippen LogP contribution in [0.1, 0.15) is 11.1 Å². The highest BCUT2D eigenvalue weighted by molar-refractivity contribution is 5.48. The molecular weight excluding hydrogens is 134 g/mol. The fourth-order valence-electron chi connectivity index (χ4n) is 1.85. The molecule has 0 fully saturated rings. The predicted octanol–water partition coefficient (Wildman–Crippen LogP) is 0.859. The van der Waals surface area contributed by atoms with Crippen LogP contribution in [0.3, 0.4) is 0 Å². The molecule has 2 rings (SSSR count). The standard InChI is InChI=1S/C10H13N/c1-8-4-3-5-9-6-7-11(2)10(8)9/h3-5,11H,2,6-7H2,1H3. The minimum absolute atomic E-state index is 1.15. The summed E-state index contributed by atoms with van der Waals surface area (Å²) in [6.45, 7) is 3.32. The number of rotatable bonds is 0. The van der Waals surface area contributed by atoms with E-state index in [1.54, 1.807) is 0 Å². The van der Waals surface area contributed by atoms with E-state index in [0.717, 1.165) is 6.54 Å². The van der Waals surface area contributed by atoms with E-state index in [1.165, 1.54) is 28.1 Å². The van der Waals surface area contributed by atoms with Crippen LogP contribution in [0.15, 0.2) is 18.2 Å². The summed E-state index contributed by atoms with van der Waals surface area (Å²) in [7, 11) is 4.06. The molecule has 0 aliphatic carbocycles. The molecule has 0 radical (unpaired) electrons. The molecule has 1 heteroatoms. The molecule has 1 unspecified atom stereocenters. The smallest absolute Gasteiger partial charge is 0.111 e. The van der Waals surface area contributed by atoms with Crippen molar-refractivity contribution >= 4 is 5.69 Å². The minimum atomic E-state index is 1.15. The predicted molar refractivity (Wildman–Crippen MR) is 45.7 cm³/mol. The molecule has 1 aromatic carbocycles. The lowest BCUT2D eigenvalue weighted by molar-refractivity contribution is -0.775. The number of hydrogen-bond donors (Lipinski definition) is 1. The van der Waals surface area contributed by atoms with Crippen LogP contribution in [0.2, 0.25) is 0 Å². The van der Waals surface area contributed by atoms with Crippen LogP contribution >= 0.6 is 0 Å². The average molecular weight is 147 g/mol. The summed E-state index contributed by atoms with van der Waals surface area (Å²) >= 11 is 0. The van der Waals surface area contributed by atoms with E-state index in [0.29, 0.717) is 0 Å². The molecule has 1 aromatic rings. The van der Waals surface area contributed by atoms with Gasteiger partial charge in [0.1, 0.15) is 5.69 Å². The normalized spacial score (nSPS) is 21.8. The molecule has 11 heavy (non-hydrogen) atoms. The molecule has 1 atom stereocenters. The SMILES string of the molecule is [CH2-][NH+]1CCc2cccc(C)c21. The average Bonchev–Trinajstić information content (AvgIpc) is 2.34. The first-order chi connectivity index (χ1) is 5.29. The van der Waals surface area contributed by atoms with Gasteiger partial charge in [0.15, 0.2) is 0 Å². The number of quaternary nitrogens is 1. The number of para-hydroxylation sites is 1. The van der Waals surface area contributed by atoms with Gasteiger partial charge in [-0.3, -0.25) is 0 Å². The van der Waals surface area contributed by atoms with Gasteiger partial charge in [0.25, 0.3) is 0 Å². The first kappa shape index (κ1) is 6.86. The second kappa shape index (κ2) is 2.35. The maximum Gasteiger partial charge on any atom is 0.111 e. The Bertz CT molecular complexity index is 278. The van der Waals surface area contributed by atoms with Gasteiger partial charge in [0.05, 0.1) is 6.54 Å². The summed E-state index contributed by atoms with van der Waals surface area (Å²) < 4.78 is 0. The van der Waals surface area contributed by atoms with Crippen molar-refractivity contribution in [3.8, 4) is 0 Å². The molecule has 0 amide bonds. The van der Waals surface area contributed by atoms with Crippen molar-refractivity contribution in [3.63, 3.8) is 0 Å². The summed E-state index contributed by atoms with van der Waals surface area (Å²) in [6.07, 6.45) is 1.19. The van der Waals surface area contributed by atoms with Gasteiger partial charge < -0.3 is 4.90 Å². The van der Waals surface area contributed by atoms with E-state index in [4.69, 9.17) is 0 Å². The van der Waals surface area contributed by atoms with Gasteiger partial charge in [-0.25, -0.2) is 0 Å². The van der Waals surface area contributed by atoms with Crippen LogP contribution in [0, 0.1) is 14.0 Å². The third-order valence-electron chi connectivity index (χ3n) is 2.41. The van der Waals surface area contributed by atoms with Crippen molar-refractivity contribution in [1.82, 2.24) is 0 Å². The van der Waals surface area contributed by atoms with Gasteiger partial charge in [-0.15, -0.1) is 7.05 Å². The number of hydrogen-bond acceptors (Lipinski definition) is 0. The molecule has 1 nitrogen and oxygen atoms in total. The van der Waals surface area contributed by atoms with Crippen molar-refractivity contribution in [1.29, 1.82) is 0 Å². The molecule has 0 bridgehead atoms. The van der Waals surface area contributed by atoms with Gasteiger partial charge in [-0.1, -0.05) is 18.2 Å². The lowest BCUT2D eigenvalue weighted by Crippen LogP contribution is -3.00. The van der Waals surface area contributed by atoms with Gasteiger partial charge >= 0.3 is 0 Å². The fourth-order valence-corrected chi connectivity index (χ4v) is 1.85. The summed E-state index contributed by atoms with van der Waals surface area (Å²) in [6, 6.07) is 6.50. The summed E-state index contributed by atoms with van der Waals surface area (Å²) in [5, 5.41) is 0. The Morgan fingerprint density at radius 3 is 3.00 bits per heavy atom. The fraction of sp³-hybridized carbons (Fsp3) is 0.300. The lowest BCUT2D eigenvalue weighted by atomic mass is 10.1. The zero-order valence-corrected chi connectivity index (χ0v) is 6.85. The van der Waals surface area contributed by atoms with Gasteiger partial charge in [-0.05, 0) is 6.92 Å².